The molecule has 0 saturated heterocycles. The molecule has 108 valence electrons. The van der Waals surface area contributed by atoms with E-state index in [4.69, 9.17) is 0 Å². The lowest BCUT2D eigenvalue weighted by Crippen LogP contribution is -2.34. The van der Waals surface area contributed by atoms with Crippen LogP contribution in [0.4, 0.5) is 9.18 Å². The van der Waals surface area contributed by atoms with Crippen LogP contribution in [0, 0.1) is 5.82 Å². The van der Waals surface area contributed by atoms with Gasteiger partial charge in [-0.05, 0) is 43.7 Å². The van der Waals surface area contributed by atoms with Crippen molar-refractivity contribution >= 4 is 6.03 Å². The van der Waals surface area contributed by atoms with Gasteiger partial charge in [0.15, 0.2) is 0 Å². The molecule has 0 radical (unpaired) electrons. The Hall–Kier alpha value is -1.84. The van der Waals surface area contributed by atoms with Crippen molar-refractivity contribution in [3.05, 3.63) is 47.4 Å². The number of amides is 2. The summed E-state index contributed by atoms with van der Waals surface area (Å²) in [5.41, 5.74) is 1.93. The fraction of sp³-hybridized carbons (Fsp3) is 0.438. The third-order valence-electron chi connectivity index (χ3n) is 3.54. The number of hydrogen-bond acceptors (Lipinski definition) is 1. The van der Waals surface area contributed by atoms with E-state index < -0.39 is 0 Å². The van der Waals surface area contributed by atoms with Gasteiger partial charge in [0.25, 0.3) is 0 Å². The summed E-state index contributed by atoms with van der Waals surface area (Å²) in [4.78, 5) is 11.6. The van der Waals surface area contributed by atoms with Crippen molar-refractivity contribution in [1.29, 1.82) is 0 Å². The molecule has 2 N–H and O–H groups in total. The lowest BCUT2D eigenvalue weighted by molar-refractivity contribution is 0.244. The van der Waals surface area contributed by atoms with Gasteiger partial charge in [-0.1, -0.05) is 30.2 Å². The van der Waals surface area contributed by atoms with Crippen molar-refractivity contribution in [1.82, 2.24) is 10.6 Å². The molecule has 0 unspecified atom stereocenters. The third-order valence-corrected chi connectivity index (χ3v) is 3.54. The number of carbonyl (C=O) groups is 1. The molecule has 1 saturated carbocycles. The van der Waals surface area contributed by atoms with Gasteiger partial charge in [-0.25, -0.2) is 9.18 Å². The standard InChI is InChI=1S/C16H21FN2O/c17-15-9-5-4-8-14(15)10-11-18-16(20)19-12-13-6-2-1-3-7-13/h4-5,8-9,12H,1-3,6-7,10-11H2,(H2,18,19,20). The van der Waals surface area contributed by atoms with Crippen LogP contribution in [0.1, 0.15) is 37.7 Å². The number of rotatable bonds is 4. The van der Waals surface area contributed by atoms with Gasteiger partial charge in [0, 0.05) is 12.7 Å². The molecule has 0 aromatic heterocycles. The van der Waals surface area contributed by atoms with Gasteiger partial charge < -0.3 is 10.6 Å². The number of benzene rings is 1. The Bertz CT molecular complexity index is 477. The second kappa shape index (κ2) is 7.68. The molecule has 0 bridgehead atoms. The first kappa shape index (κ1) is 14.6. The zero-order valence-corrected chi connectivity index (χ0v) is 11.6. The van der Waals surface area contributed by atoms with Gasteiger partial charge in [-0.2, -0.15) is 0 Å². The number of halogens is 1. The summed E-state index contributed by atoms with van der Waals surface area (Å²) in [6.07, 6.45) is 8.18. The number of hydrogen-bond donors (Lipinski definition) is 2. The van der Waals surface area contributed by atoms with Crippen molar-refractivity contribution in [2.75, 3.05) is 6.54 Å². The molecule has 1 fully saturated rings. The molecule has 1 aliphatic rings. The van der Waals surface area contributed by atoms with Crippen LogP contribution >= 0.6 is 0 Å². The lowest BCUT2D eigenvalue weighted by atomic mass is 9.96. The van der Waals surface area contributed by atoms with Gasteiger partial charge in [0.2, 0.25) is 0 Å². The zero-order valence-electron chi connectivity index (χ0n) is 11.6. The second-order valence-corrected chi connectivity index (χ2v) is 5.10. The summed E-state index contributed by atoms with van der Waals surface area (Å²) in [7, 11) is 0. The Morgan fingerprint density at radius 1 is 1.20 bits per heavy atom. The first-order valence-electron chi connectivity index (χ1n) is 7.21. The Morgan fingerprint density at radius 2 is 1.95 bits per heavy atom. The molecular formula is C16H21FN2O. The average molecular weight is 276 g/mol. The molecule has 4 heteroatoms. The highest BCUT2D eigenvalue weighted by Gasteiger charge is 2.06. The molecular weight excluding hydrogens is 255 g/mol. The highest BCUT2D eigenvalue weighted by molar-refractivity contribution is 5.74. The maximum Gasteiger partial charge on any atom is 0.318 e. The molecule has 2 amide bonds. The number of carbonyl (C=O) groups excluding carboxylic acids is 1. The van der Waals surface area contributed by atoms with Gasteiger partial charge in [-0.3, -0.25) is 0 Å². The monoisotopic (exact) mass is 276 g/mol. The van der Waals surface area contributed by atoms with Gasteiger partial charge in [0.05, 0.1) is 0 Å². The van der Waals surface area contributed by atoms with Crippen molar-refractivity contribution < 1.29 is 9.18 Å². The number of allylic oxidation sites excluding steroid dienone is 1. The lowest BCUT2D eigenvalue weighted by Gasteiger charge is -2.13. The van der Waals surface area contributed by atoms with Crippen molar-refractivity contribution in [2.24, 2.45) is 0 Å². The summed E-state index contributed by atoms with van der Waals surface area (Å²) in [5, 5.41) is 5.48. The van der Waals surface area contributed by atoms with E-state index >= 15 is 0 Å². The summed E-state index contributed by atoms with van der Waals surface area (Å²) in [6, 6.07) is 6.41. The molecule has 0 aliphatic heterocycles. The summed E-state index contributed by atoms with van der Waals surface area (Å²) < 4.78 is 13.4. The normalized spacial score (nSPS) is 14.8. The van der Waals surface area contributed by atoms with Crippen molar-refractivity contribution in [2.45, 2.75) is 38.5 Å². The summed E-state index contributed by atoms with van der Waals surface area (Å²) >= 11 is 0. The zero-order chi connectivity index (χ0) is 14.2. The van der Waals surface area contributed by atoms with E-state index in [2.05, 4.69) is 10.6 Å². The topological polar surface area (TPSA) is 41.1 Å². The number of nitrogens with one attached hydrogen (secondary N) is 2. The Morgan fingerprint density at radius 3 is 2.70 bits per heavy atom. The highest BCUT2D eigenvalue weighted by Crippen LogP contribution is 2.21. The largest absolute Gasteiger partial charge is 0.338 e. The van der Waals surface area contributed by atoms with E-state index in [0.29, 0.717) is 18.5 Å². The quantitative estimate of drug-likeness (QED) is 0.868. The molecule has 1 aliphatic carbocycles. The summed E-state index contributed by atoms with van der Waals surface area (Å²) in [6.45, 7) is 0.427. The number of urea groups is 1. The first-order valence-corrected chi connectivity index (χ1v) is 7.21. The highest BCUT2D eigenvalue weighted by atomic mass is 19.1. The van der Waals surface area contributed by atoms with Crippen molar-refractivity contribution in [3.63, 3.8) is 0 Å². The van der Waals surface area contributed by atoms with E-state index in [1.807, 2.05) is 6.20 Å². The maximum atomic E-state index is 13.4. The van der Waals surface area contributed by atoms with Crippen LogP contribution in [-0.4, -0.2) is 12.6 Å². The maximum absolute atomic E-state index is 13.4. The molecule has 20 heavy (non-hydrogen) atoms. The molecule has 3 nitrogen and oxygen atoms in total. The van der Waals surface area contributed by atoms with Crippen LogP contribution in [0.5, 0.6) is 0 Å². The van der Waals surface area contributed by atoms with E-state index in [9.17, 15) is 9.18 Å². The predicted molar refractivity (Wildman–Crippen MR) is 77.8 cm³/mol. The molecule has 2 rings (SSSR count). The Balaban J connectivity index is 1.69. The van der Waals surface area contributed by atoms with E-state index in [0.717, 1.165) is 12.8 Å². The molecule has 1 aromatic carbocycles. The van der Waals surface area contributed by atoms with Crippen LogP contribution < -0.4 is 10.6 Å². The van der Waals surface area contributed by atoms with Crippen LogP contribution in [-0.2, 0) is 6.42 Å². The van der Waals surface area contributed by atoms with Gasteiger partial charge in [-0.15, -0.1) is 0 Å². The Labute approximate surface area is 119 Å². The fourth-order valence-corrected chi connectivity index (χ4v) is 2.38. The molecule has 0 atom stereocenters. The smallest absolute Gasteiger partial charge is 0.318 e. The Kier molecular flexibility index (Phi) is 5.59. The second-order valence-electron chi connectivity index (χ2n) is 5.10. The van der Waals surface area contributed by atoms with Crippen molar-refractivity contribution in [3.8, 4) is 0 Å². The van der Waals surface area contributed by atoms with Crippen LogP contribution in [0.25, 0.3) is 0 Å². The minimum Gasteiger partial charge on any atom is -0.338 e. The minimum atomic E-state index is -0.223. The van der Waals surface area contributed by atoms with Crippen LogP contribution in [0.2, 0.25) is 0 Å². The van der Waals surface area contributed by atoms with E-state index in [1.54, 1.807) is 18.2 Å². The van der Waals surface area contributed by atoms with E-state index in [1.165, 1.54) is 30.9 Å². The fourth-order valence-electron chi connectivity index (χ4n) is 2.38. The molecule has 0 spiro atoms. The molecule has 0 heterocycles. The van der Waals surface area contributed by atoms with Gasteiger partial charge >= 0.3 is 6.03 Å². The summed E-state index contributed by atoms with van der Waals surface area (Å²) in [5.74, 6) is -0.223. The molecule has 1 aromatic rings. The average Bonchev–Trinajstić information content (AvgIpc) is 2.48. The van der Waals surface area contributed by atoms with Crippen LogP contribution in [0.15, 0.2) is 36.0 Å². The van der Waals surface area contributed by atoms with Gasteiger partial charge in [0.1, 0.15) is 5.82 Å². The van der Waals surface area contributed by atoms with E-state index in [-0.39, 0.29) is 11.8 Å². The third kappa shape index (κ3) is 4.68. The SMILES string of the molecule is O=C(NC=C1CCCCC1)NCCc1ccccc1F. The predicted octanol–water partition coefficient (Wildman–Crippen LogP) is 3.52. The van der Waals surface area contributed by atoms with Crippen LogP contribution in [0.3, 0.4) is 0 Å². The first-order chi connectivity index (χ1) is 9.75. The minimum absolute atomic E-state index is 0.223.